The second-order valence-electron chi connectivity index (χ2n) is 2.62. The molecule has 1 rings (SSSR count). The molecule has 0 bridgehead atoms. The second kappa shape index (κ2) is 5.26. The molecule has 0 amide bonds. The standard InChI is InChI=1S/C9H12NS.Y/c1-6-4-8(11-3)5-9(10)7(6)2;/h4-5,10H,1-3H3;/q-1;. The molecule has 0 fully saturated rings. The van der Waals surface area contributed by atoms with E-state index in [0.29, 0.717) is 5.69 Å². The van der Waals surface area contributed by atoms with Crippen molar-refractivity contribution in [1.29, 1.82) is 0 Å². The summed E-state index contributed by atoms with van der Waals surface area (Å²) in [5, 5.41) is 0. The summed E-state index contributed by atoms with van der Waals surface area (Å²) in [5.74, 6) is 0. The average Bonchev–Trinajstić information content (AvgIpc) is 1.99. The molecule has 1 nitrogen and oxygen atoms in total. The van der Waals surface area contributed by atoms with Crippen LogP contribution in [0.3, 0.4) is 0 Å². The van der Waals surface area contributed by atoms with E-state index in [9.17, 15) is 0 Å². The summed E-state index contributed by atoms with van der Waals surface area (Å²) in [6.45, 7) is 4.04. The second-order valence-corrected chi connectivity index (χ2v) is 3.50. The molecule has 0 spiro atoms. The SMILES string of the molecule is CSc1cc(C)c(C)c([NH-])c1.[Y]. The molecule has 0 aliphatic carbocycles. The normalized spacial score (nSPS) is 9.25. The zero-order valence-electron chi connectivity index (χ0n) is 7.64. The molecule has 3 heteroatoms. The summed E-state index contributed by atoms with van der Waals surface area (Å²) in [4.78, 5) is 1.18. The van der Waals surface area contributed by atoms with E-state index in [0.717, 1.165) is 5.56 Å². The minimum absolute atomic E-state index is 0. The van der Waals surface area contributed by atoms with Crippen LogP contribution >= 0.6 is 11.8 Å². The van der Waals surface area contributed by atoms with Crippen LogP contribution in [0.1, 0.15) is 11.1 Å². The van der Waals surface area contributed by atoms with E-state index < -0.39 is 0 Å². The maximum atomic E-state index is 7.59. The molecule has 0 aliphatic heterocycles. The Kier molecular flexibility index (Phi) is 5.46. The number of rotatable bonds is 1. The zero-order chi connectivity index (χ0) is 8.43. The van der Waals surface area contributed by atoms with Gasteiger partial charge in [-0.05, 0) is 31.7 Å². The van der Waals surface area contributed by atoms with Crippen molar-refractivity contribution in [1.82, 2.24) is 0 Å². The largest absolute Gasteiger partial charge is 0.698 e. The molecule has 12 heavy (non-hydrogen) atoms. The molecule has 1 aromatic carbocycles. The smallest absolute Gasteiger partial charge is 0.00596 e. The molecule has 0 saturated carbocycles. The Morgan fingerprint density at radius 3 is 2.25 bits per heavy atom. The topological polar surface area (TPSA) is 23.8 Å². The minimum atomic E-state index is 0. The summed E-state index contributed by atoms with van der Waals surface area (Å²) in [6.07, 6.45) is 2.03. The number of nitrogens with one attached hydrogen (secondary N) is 1. The molecular formula is C9H12NSY-. The van der Waals surface area contributed by atoms with E-state index >= 15 is 0 Å². The average molecular weight is 255 g/mol. The van der Waals surface area contributed by atoms with Gasteiger partial charge in [0, 0.05) is 37.6 Å². The van der Waals surface area contributed by atoms with Crippen LogP contribution in [0.5, 0.6) is 0 Å². The Morgan fingerprint density at radius 1 is 1.25 bits per heavy atom. The van der Waals surface area contributed by atoms with E-state index in [4.69, 9.17) is 5.73 Å². The maximum Gasteiger partial charge on any atom is 0.00596 e. The number of thioether (sulfide) groups is 1. The van der Waals surface area contributed by atoms with E-state index in [1.54, 1.807) is 11.8 Å². The fourth-order valence-electron chi connectivity index (χ4n) is 0.944. The van der Waals surface area contributed by atoms with Gasteiger partial charge in [-0.2, -0.15) is 0 Å². The summed E-state index contributed by atoms with van der Waals surface area (Å²) in [7, 11) is 0. The van der Waals surface area contributed by atoms with Crippen LogP contribution in [-0.2, 0) is 32.7 Å². The molecule has 1 radical (unpaired) electrons. The van der Waals surface area contributed by atoms with E-state index in [1.165, 1.54) is 10.5 Å². The van der Waals surface area contributed by atoms with E-state index in [2.05, 4.69) is 6.07 Å². The molecule has 0 unspecified atom stereocenters. The molecule has 63 valence electrons. The van der Waals surface area contributed by atoms with Gasteiger partial charge >= 0.3 is 0 Å². The summed E-state index contributed by atoms with van der Waals surface area (Å²) >= 11 is 1.69. The Morgan fingerprint density at radius 2 is 1.83 bits per heavy atom. The van der Waals surface area contributed by atoms with Crippen LogP contribution in [0.15, 0.2) is 17.0 Å². The van der Waals surface area contributed by atoms with Crippen molar-refractivity contribution in [2.45, 2.75) is 18.7 Å². The predicted octanol–water partition coefficient (Wildman–Crippen LogP) is 3.71. The summed E-state index contributed by atoms with van der Waals surface area (Å²) in [6, 6.07) is 4.03. The zero-order valence-corrected chi connectivity index (χ0v) is 11.3. The van der Waals surface area contributed by atoms with Crippen molar-refractivity contribution >= 4 is 17.4 Å². The van der Waals surface area contributed by atoms with Crippen molar-refractivity contribution in [2.75, 3.05) is 6.26 Å². The third kappa shape index (κ3) is 2.75. The molecule has 1 aromatic rings. The van der Waals surface area contributed by atoms with Gasteiger partial charge in [-0.25, -0.2) is 0 Å². The first kappa shape index (κ1) is 12.5. The van der Waals surface area contributed by atoms with Gasteiger partial charge in [-0.15, -0.1) is 17.4 Å². The van der Waals surface area contributed by atoms with Gasteiger partial charge in [-0.1, -0.05) is 11.6 Å². The monoisotopic (exact) mass is 255 g/mol. The summed E-state index contributed by atoms with van der Waals surface area (Å²) < 4.78 is 0. The van der Waals surface area contributed by atoms with Gasteiger partial charge in [0.15, 0.2) is 0 Å². The van der Waals surface area contributed by atoms with Gasteiger partial charge in [-0.3, -0.25) is 0 Å². The van der Waals surface area contributed by atoms with E-state index in [-0.39, 0.29) is 32.7 Å². The van der Waals surface area contributed by atoms with Crippen LogP contribution in [0, 0.1) is 13.8 Å². The minimum Gasteiger partial charge on any atom is -0.698 e. The number of benzene rings is 1. The van der Waals surface area contributed by atoms with Gasteiger partial charge in [0.1, 0.15) is 0 Å². The molecular weight excluding hydrogens is 243 g/mol. The van der Waals surface area contributed by atoms with Gasteiger partial charge < -0.3 is 5.73 Å². The predicted molar refractivity (Wildman–Crippen MR) is 51.7 cm³/mol. The Hall–Kier alpha value is 0.474. The molecule has 0 saturated heterocycles. The third-order valence-corrected chi connectivity index (χ3v) is 2.58. The molecule has 1 N–H and O–H groups in total. The number of hydrogen-bond acceptors (Lipinski definition) is 1. The Bertz CT molecular complexity index is 250. The van der Waals surface area contributed by atoms with Crippen LogP contribution in [0.2, 0.25) is 0 Å². The van der Waals surface area contributed by atoms with Crippen LogP contribution in [-0.4, -0.2) is 6.26 Å². The van der Waals surface area contributed by atoms with Crippen LogP contribution < -0.4 is 0 Å². The molecule has 0 aliphatic rings. The first-order valence-corrected chi connectivity index (χ1v) is 4.74. The fraction of sp³-hybridized carbons (Fsp3) is 0.333. The van der Waals surface area contributed by atoms with Crippen molar-refractivity contribution in [3.63, 3.8) is 0 Å². The van der Waals surface area contributed by atoms with Gasteiger partial charge in [0.2, 0.25) is 0 Å². The Balaban J connectivity index is 0.00000121. The summed E-state index contributed by atoms with van der Waals surface area (Å²) in [5.41, 5.74) is 10.5. The molecule has 0 heterocycles. The van der Waals surface area contributed by atoms with Crippen molar-refractivity contribution in [3.05, 3.63) is 29.0 Å². The van der Waals surface area contributed by atoms with Gasteiger partial charge in [0.05, 0.1) is 0 Å². The van der Waals surface area contributed by atoms with E-state index in [1.807, 2.05) is 26.2 Å². The third-order valence-electron chi connectivity index (χ3n) is 1.88. The first-order chi connectivity index (χ1) is 5.15. The van der Waals surface area contributed by atoms with Crippen molar-refractivity contribution in [3.8, 4) is 0 Å². The number of aryl methyl sites for hydroxylation is 1. The van der Waals surface area contributed by atoms with Crippen molar-refractivity contribution < 1.29 is 32.7 Å². The Labute approximate surface area is 103 Å². The maximum absolute atomic E-state index is 7.59. The molecule has 0 atom stereocenters. The molecule has 0 aromatic heterocycles. The van der Waals surface area contributed by atoms with Crippen LogP contribution in [0.25, 0.3) is 5.73 Å². The first-order valence-electron chi connectivity index (χ1n) is 3.52. The quantitative estimate of drug-likeness (QED) is 0.702. The van der Waals surface area contributed by atoms with Crippen molar-refractivity contribution in [2.24, 2.45) is 0 Å². The van der Waals surface area contributed by atoms with Gasteiger partial charge in [0.25, 0.3) is 0 Å². The number of hydrogen-bond donors (Lipinski definition) is 0. The fourth-order valence-corrected chi connectivity index (χ4v) is 1.47. The van der Waals surface area contributed by atoms with Crippen LogP contribution in [0.4, 0.5) is 5.69 Å².